The molecule has 3 aromatic rings. The summed E-state index contributed by atoms with van der Waals surface area (Å²) in [6, 6.07) is 27.2. The van der Waals surface area contributed by atoms with Gasteiger partial charge in [0, 0.05) is 33.1 Å². The molecule has 2 fully saturated rings. The first-order valence-electron chi connectivity index (χ1n) is 17.0. The fourth-order valence-corrected chi connectivity index (χ4v) is 7.83. The molecule has 0 radical (unpaired) electrons. The van der Waals surface area contributed by atoms with Gasteiger partial charge in [0.1, 0.15) is 23.7 Å². The maximum absolute atomic E-state index is 14.8. The Hall–Kier alpha value is -5.02. The molecule has 252 valence electrons. The van der Waals surface area contributed by atoms with Crippen molar-refractivity contribution in [3.63, 3.8) is 0 Å². The highest BCUT2D eigenvalue weighted by molar-refractivity contribution is 5.99. The molecule has 4 aliphatic rings. The lowest BCUT2D eigenvalue weighted by Gasteiger charge is -2.35. The van der Waals surface area contributed by atoms with Crippen LogP contribution in [-0.4, -0.2) is 75.8 Å². The Morgan fingerprint density at radius 2 is 1.43 bits per heavy atom. The van der Waals surface area contributed by atoms with Crippen LogP contribution in [0.1, 0.15) is 42.6 Å². The zero-order chi connectivity index (χ0) is 34.1. The average Bonchev–Trinajstić information content (AvgIpc) is 3.51. The van der Waals surface area contributed by atoms with E-state index in [1.807, 2.05) is 116 Å². The van der Waals surface area contributed by atoms with E-state index in [1.165, 1.54) is 0 Å². The number of benzene rings is 3. The topological polar surface area (TPSA) is 96.5 Å². The van der Waals surface area contributed by atoms with Gasteiger partial charge in [-0.3, -0.25) is 19.2 Å². The predicted octanol–water partition coefficient (Wildman–Crippen LogP) is 4.85. The summed E-state index contributed by atoms with van der Waals surface area (Å²) in [5, 5.41) is 0. The van der Waals surface area contributed by atoms with Gasteiger partial charge in [0.25, 0.3) is 0 Å². The van der Waals surface area contributed by atoms with E-state index in [0.717, 1.165) is 16.7 Å². The molecule has 3 amide bonds. The molecule has 1 spiro atoms. The second-order valence-corrected chi connectivity index (χ2v) is 13.4. The quantitative estimate of drug-likeness (QED) is 0.287. The van der Waals surface area contributed by atoms with E-state index in [0.29, 0.717) is 19.5 Å². The van der Waals surface area contributed by atoms with Crippen molar-refractivity contribution in [2.75, 3.05) is 13.6 Å². The van der Waals surface area contributed by atoms with Crippen LogP contribution in [0.15, 0.2) is 115 Å². The van der Waals surface area contributed by atoms with Gasteiger partial charge in [-0.15, -0.1) is 0 Å². The number of hydrogen-bond donors (Lipinski definition) is 0. The number of likely N-dealkylation sites (tertiary alicyclic amines) is 1. The van der Waals surface area contributed by atoms with Crippen molar-refractivity contribution < 1.29 is 28.7 Å². The first kappa shape index (κ1) is 32.5. The minimum Gasteiger partial charge on any atom is -0.455 e. The molecular weight excluding hydrogens is 618 g/mol. The van der Waals surface area contributed by atoms with E-state index in [1.54, 1.807) is 27.8 Å². The van der Waals surface area contributed by atoms with Crippen molar-refractivity contribution in [2.45, 2.75) is 62.7 Å². The van der Waals surface area contributed by atoms with E-state index >= 15 is 0 Å². The number of carbonyl (C=O) groups excluding carboxylic acids is 4. The lowest BCUT2D eigenvalue weighted by molar-refractivity contribution is -0.164. The summed E-state index contributed by atoms with van der Waals surface area (Å²) in [6.45, 7) is 2.74. The molecule has 0 N–H and O–H groups in total. The van der Waals surface area contributed by atoms with Crippen LogP contribution in [0.25, 0.3) is 0 Å². The fourth-order valence-electron chi connectivity index (χ4n) is 7.83. The third-order valence-electron chi connectivity index (χ3n) is 10.4. The molecule has 2 saturated heterocycles. The van der Waals surface area contributed by atoms with Crippen LogP contribution < -0.4 is 0 Å². The van der Waals surface area contributed by atoms with Gasteiger partial charge in [0.05, 0.1) is 18.1 Å². The number of cyclic esters (lactones) is 1. The number of carbonyl (C=O) groups is 4. The summed E-state index contributed by atoms with van der Waals surface area (Å²) in [4.78, 5) is 62.3. The summed E-state index contributed by atoms with van der Waals surface area (Å²) in [5.41, 5.74) is 1.16. The molecule has 7 rings (SSSR count). The number of allylic oxidation sites excluding steroid dienone is 1. The van der Waals surface area contributed by atoms with Crippen molar-refractivity contribution in [2.24, 2.45) is 11.8 Å². The van der Waals surface area contributed by atoms with Crippen LogP contribution in [0.4, 0.5) is 0 Å². The second-order valence-electron chi connectivity index (χ2n) is 13.4. The van der Waals surface area contributed by atoms with Gasteiger partial charge < -0.3 is 24.2 Å². The number of fused-ring (bicyclic) bond motifs is 2. The molecule has 0 aliphatic carbocycles. The molecular formula is C40H41N3O6. The zero-order valence-corrected chi connectivity index (χ0v) is 27.8. The Bertz CT molecular complexity index is 1760. The van der Waals surface area contributed by atoms with Gasteiger partial charge in [0.15, 0.2) is 0 Å². The molecule has 7 atom stereocenters. The monoisotopic (exact) mass is 659 g/mol. The maximum Gasteiger partial charge on any atom is 0.313 e. The summed E-state index contributed by atoms with van der Waals surface area (Å²) >= 11 is 0. The average molecular weight is 660 g/mol. The van der Waals surface area contributed by atoms with Gasteiger partial charge in [0.2, 0.25) is 17.7 Å². The van der Waals surface area contributed by atoms with Crippen molar-refractivity contribution in [3.8, 4) is 0 Å². The first-order valence-corrected chi connectivity index (χ1v) is 17.0. The molecule has 0 aromatic heterocycles. The zero-order valence-electron chi connectivity index (χ0n) is 27.8. The third-order valence-corrected chi connectivity index (χ3v) is 10.4. The van der Waals surface area contributed by atoms with Crippen molar-refractivity contribution in [1.29, 1.82) is 0 Å². The Kier molecular flexibility index (Phi) is 8.94. The van der Waals surface area contributed by atoms with E-state index in [2.05, 4.69) is 0 Å². The lowest BCUT2D eigenvalue weighted by atomic mass is 9.77. The van der Waals surface area contributed by atoms with Gasteiger partial charge in [-0.1, -0.05) is 115 Å². The normalized spacial score (nSPS) is 30.9. The van der Waals surface area contributed by atoms with Gasteiger partial charge in [-0.05, 0) is 30.0 Å². The number of esters is 1. The minimum atomic E-state index is -1.41. The molecule has 0 unspecified atom stereocenters. The molecule has 3 aromatic carbocycles. The Morgan fingerprint density at radius 3 is 2.10 bits per heavy atom. The SMILES string of the molecule is C[C@@H]1[C@@H](c2ccccc2)OC(=O)[C@@H]2[C@H]3C(=O)N(Cc4ccccc4)[C@@H]4C(=O)N(Cc5ccccc5)CC=C[C@]34O[C@@H]2/C=C/CCC(=O)N1C. The molecule has 49 heavy (non-hydrogen) atoms. The van der Waals surface area contributed by atoms with E-state index in [-0.39, 0.29) is 30.7 Å². The van der Waals surface area contributed by atoms with Crippen molar-refractivity contribution >= 4 is 23.7 Å². The smallest absolute Gasteiger partial charge is 0.313 e. The molecule has 4 heterocycles. The summed E-state index contributed by atoms with van der Waals surface area (Å²) in [6.07, 6.45) is 6.39. The Balaban J connectivity index is 1.31. The Labute approximate surface area is 286 Å². The standard InChI is InChI=1S/C40H41N3O6/c1-27-35(30-19-10-5-11-20-30)48-39(47)33-31(21-12-13-22-32(44)41(27)2)49-40-23-14-24-42(25-28-15-6-3-7-16-28)38(46)36(40)43(37(45)34(33)40)26-29-17-8-4-9-18-29/h3-12,14-21,23,27,31,33-36H,13,22,24-26H2,1-2H3/b21-12+/t27-,31-,33+,34+,35+,36-,40+/m1/s1. The van der Waals surface area contributed by atoms with E-state index in [9.17, 15) is 19.2 Å². The third kappa shape index (κ3) is 5.97. The van der Waals surface area contributed by atoms with Crippen LogP contribution in [0, 0.1) is 11.8 Å². The molecule has 0 bridgehead atoms. The molecule has 9 heteroatoms. The van der Waals surface area contributed by atoms with Crippen LogP contribution in [-0.2, 0) is 41.7 Å². The number of ether oxygens (including phenoxy) is 2. The lowest BCUT2D eigenvalue weighted by Crippen LogP contribution is -2.54. The largest absolute Gasteiger partial charge is 0.455 e. The van der Waals surface area contributed by atoms with Crippen LogP contribution in [0.5, 0.6) is 0 Å². The first-order chi connectivity index (χ1) is 23.8. The van der Waals surface area contributed by atoms with Crippen LogP contribution in [0.2, 0.25) is 0 Å². The molecule has 9 nitrogen and oxygen atoms in total. The summed E-state index contributed by atoms with van der Waals surface area (Å²) < 4.78 is 13.2. The number of nitrogens with zero attached hydrogens (tertiary/aromatic N) is 3. The van der Waals surface area contributed by atoms with Crippen LogP contribution >= 0.6 is 0 Å². The number of rotatable bonds is 5. The van der Waals surface area contributed by atoms with Crippen molar-refractivity contribution in [3.05, 3.63) is 132 Å². The summed E-state index contributed by atoms with van der Waals surface area (Å²) in [5.74, 6) is -3.26. The van der Waals surface area contributed by atoms with E-state index < -0.39 is 47.7 Å². The van der Waals surface area contributed by atoms with Crippen LogP contribution in [0.3, 0.4) is 0 Å². The highest BCUT2D eigenvalue weighted by Crippen LogP contribution is 2.53. The van der Waals surface area contributed by atoms with Gasteiger partial charge in [-0.2, -0.15) is 0 Å². The Morgan fingerprint density at radius 1 is 0.796 bits per heavy atom. The minimum absolute atomic E-state index is 0.0725. The molecule has 4 aliphatic heterocycles. The predicted molar refractivity (Wildman–Crippen MR) is 182 cm³/mol. The fraction of sp³-hybridized carbons (Fsp3) is 0.350. The molecule has 0 saturated carbocycles. The van der Waals surface area contributed by atoms with E-state index in [4.69, 9.17) is 9.47 Å². The number of likely N-dealkylation sites (N-methyl/N-ethyl adjacent to an activating group) is 1. The maximum atomic E-state index is 14.8. The highest BCUT2D eigenvalue weighted by atomic mass is 16.6. The van der Waals surface area contributed by atoms with Gasteiger partial charge in [-0.25, -0.2) is 0 Å². The second kappa shape index (κ2) is 13.5. The summed E-state index contributed by atoms with van der Waals surface area (Å²) in [7, 11) is 1.72. The van der Waals surface area contributed by atoms with Crippen molar-refractivity contribution in [1.82, 2.24) is 14.7 Å². The number of amides is 3. The highest BCUT2D eigenvalue weighted by Gasteiger charge is 2.71. The van der Waals surface area contributed by atoms with Gasteiger partial charge >= 0.3 is 5.97 Å². The number of hydrogen-bond acceptors (Lipinski definition) is 6.